The molecule has 148 valence electrons. The summed E-state index contributed by atoms with van der Waals surface area (Å²) in [6.07, 6.45) is -0.568. The highest BCUT2D eigenvalue weighted by Gasteiger charge is 2.26. The van der Waals surface area contributed by atoms with E-state index < -0.39 is 29.5 Å². The zero-order valence-electron chi connectivity index (χ0n) is 15.3. The summed E-state index contributed by atoms with van der Waals surface area (Å²) in [5, 5.41) is 4.83. The van der Waals surface area contributed by atoms with E-state index in [9.17, 15) is 14.4 Å². The average molecular weight is 405 g/mol. The quantitative estimate of drug-likeness (QED) is 0.400. The molecule has 2 amide bonds. The van der Waals surface area contributed by atoms with Gasteiger partial charge in [0.05, 0.1) is 7.11 Å². The summed E-state index contributed by atoms with van der Waals surface area (Å²) >= 11 is 5.80. The van der Waals surface area contributed by atoms with Crippen LogP contribution >= 0.6 is 11.6 Å². The number of amides is 2. The molecule has 2 aromatic carbocycles. The van der Waals surface area contributed by atoms with Crippen molar-refractivity contribution in [3.63, 3.8) is 0 Å². The van der Waals surface area contributed by atoms with E-state index in [0.717, 1.165) is 18.2 Å². The number of halogens is 1. The Labute approximate surface area is 168 Å². The standard InChI is InChI=1S/C20H21ClN2O5/c1-27-19(25)17(21)23-18(24)16(12-14-8-4-2-5-9-14)22-20(26)28-13-15-10-6-3-7-11-15/h2-11,16-17H,12-13H2,1H3,(H,22,26)(H,23,24)/t16-,17?/m1/s1. The Balaban J connectivity index is 2.01. The first-order chi connectivity index (χ1) is 13.5. The molecule has 2 aromatic rings. The van der Waals surface area contributed by atoms with Crippen molar-refractivity contribution in [1.29, 1.82) is 0 Å². The maximum absolute atomic E-state index is 12.5. The Morgan fingerprint density at radius 2 is 1.50 bits per heavy atom. The highest BCUT2D eigenvalue weighted by atomic mass is 35.5. The third kappa shape index (κ3) is 6.92. The zero-order chi connectivity index (χ0) is 20.4. The fourth-order valence-electron chi connectivity index (χ4n) is 2.35. The number of methoxy groups -OCH3 is 1. The van der Waals surface area contributed by atoms with Crippen LogP contribution in [0.5, 0.6) is 0 Å². The van der Waals surface area contributed by atoms with Gasteiger partial charge >= 0.3 is 12.1 Å². The number of carbonyl (C=O) groups is 3. The minimum atomic E-state index is -1.36. The van der Waals surface area contributed by atoms with E-state index >= 15 is 0 Å². The minimum absolute atomic E-state index is 0.0621. The van der Waals surface area contributed by atoms with Gasteiger partial charge in [-0.05, 0) is 11.1 Å². The van der Waals surface area contributed by atoms with E-state index in [1.807, 2.05) is 60.7 Å². The van der Waals surface area contributed by atoms with E-state index in [1.165, 1.54) is 0 Å². The van der Waals surface area contributed by atoms with Crippen molar-refractivity contribution >= 4 is 29.6 Å². The summed E-state index contributed by atoms with van der Waals surface area (Å²) < 4.78 is 9.65. The molecule has 28 heavy (non-hydrogen) atoms. The highest BCUT2D eigenvalue weighted by Crippen LogP contribution is 2.06. The van der Waals surface area contributed by atoms with Crippen LogP contribution in [0.1, 0.15) is 11.1 Å². The van der Waals surface area contributed by atoms with Gasteiger partial charge in [-0.25, -0.2) is 9.59 Å². The van der Waals surface area contributed by atoms with Gasteiger partial charge in [0.25, 0.3) is 0 Å². The molecule has 0 radical (unpaired) electrons. The molecular formula is C20H21ClN2O5. The summed E-state index contributed by atoms with van der Waals surface area (Å²) in [5.41, 5.74) is 0.265. The van der Waals surface area contributed by atoms with Crippen LogP contribution in [0.25, 0.3) is 0 Å². The molecule has 0 aliphatic carbocycles. The maximum atomic E-state index is 12.5. The smallest absolute Gasteiger partial charge is 0.408 e. The first-order valence-corrected chi connectivity index (χ1v) is 8.96. The number of alkyl halides is 1. The Morgan fingerprint density at radius 3 is 2.07 bits per heavy atom. The molecule has 2 N–H and O–H groups in total. The first kappa shape index (κ1) is 21.2. The SMILES string of the molecule is COC(=O)C(Cl)NC(=O)[C@@H](Cc1ccccc1)NC(=O)OCc1ccccc1. The van der Waals surface area contributed by atoms with Gasteiger partial charge in [-0.15, -0.1) is 0 Å². The molecular weight excluding hydrogens is 384 g/mol. The fraction of sp³-hybridized carbons (Fsp3) is 0.250. The molecule has 0 saturated heterocycles. The van der Waals surface area contributed by atoms with Crippen LogP contribution in [0, 0.1) is 0 Å². The lowest BCUT2D eigenvalue weighted by molar-refractivity contribution is -0.142. The molecule has 0 spiro atoms. The van der Waals surface area contributed by atoms with Gasteiger partial charge in [-0.3, -0.25) is 4.79 Å². The van der Waals surface area contributed by atoms with Gasteiger partial charge in [-0.1, -0.05) is 72.3 Å². The third-order valence-electron chi connectivity index (χ3n) is 3.78. The summed E-state index contributed by atoms with van der Waals surface area (Å²) in [4.78, 5) is 36.1. The van der Waals surface area contributed by atoms with Gasteiger partial charge in [-0.2, -0.15) is 0 Å². The number of ether oxygens (including phenoxy) is 2. The lowest BCUT2D eigenvalue weighted by Crippen LogP contribution is -2.51. The van der Waals surface area contributed by atoms with E-state index in [2.05, 4.69) is 15.4 Å². The van der Waals surface area contributed by atoms with Crippen molar-refractivity contribution < 1.29 is 23.9 Å². The molecule has 0 aliphatic rings. The number of alkyl carbamates (subject to hydrolysis) is 1. The predicted octanol–water partition coefficient (Wildman–Crippen LogP) is 2.38. The number of benzene rings is 2. The third-order valence-corrected chi connectivity index (χ3v) is 4.07. The zero-order valence-corrected chi connectivity index (χ0v) is 16.0. The molecule has 2 rings (SSSR count). The van der Waals surface area contributed by atoms with Crippen LogP contribution in [0.2, 0.25) is 0 Å². The van der Waals surface area contributed by atoms with Gasteiger partial charge in [0.15, 0.2) is 0 Å². The summed E-state index contributed by atoms with van der Waals surface area (Å²) in [6.45, 7) is 0.0621. The van der Waals surface area contributed by atoms with Crippen LogP contribution in [0.15, 0.2) is 60.7 Å². The van der Waals surface area contributed by atoms with Gasteiger partial charge < -0.3 is 20.1 Å². The molecule has 0 bridgehead atoms. The maximum Gasteiger partial charge on any atom is 0.408 e. The van der Waals surface area contributed by atoms with Gasteiger partial charge in [0, 0.05) is 6.42 Å². The van der Waals surface area contributed by atoms with Crippen molar-refractivity contribution in [3.8, 4) is 0 Å². The monoisotopic (exact) mass is 404 g/mol. The molecule has 0 fully saturated rings. The average Bonchev–Trinajstić information content (AvgIpc) is 2.72. The van der Waals surface area contributed by atoms with Crippen molar-refractivity contribution in [2.75, 3.05) is 7.11 Å². The van der Waals surface area contributed by atoms with Crippen molar-refractivity contribution in [1.82, 2.24) is 10.6 Å². The fourth-order valence-corrected chi connectivity index (χ4v) is 2.55. The molecule has 0 heterocycles. The van der Waals surface area contributed by atoms with Crippen molar-refractivity contribution in [3.05, 3.63) is 71.8 Å². The largest absolute Gasteiger partial charge is 0.467 e. The number of esters is 1. The molecule has 0 aromatic heterocycles. The van der Waals surface area contributed by atoms with E-state index in [-0.39, 0.29) is 13.0 Å². The predicted molar refractivity (Wildman–Crippen MR) is 103 cm³/mol. The second-order valence-corrected chi connectivity index (χ2v) is 6.28. The van der Waals surface area contributed by atoms with Gasteiger partial charge in [0.2, 0.25) is 11.4 Å². The lowest BCUT2D eigenvalue weighted by atomic mass is 10.1. The van der Waals surface area contributed by atoms with Crippen LogP contribution in [-0.2, 0) is 32.1 Å². The second-order valence-electron chi connectivity index (χ2n) is 5.84. The second kappa shape index (κ2) is 10.9. The lowest BCUT2D eigenvalue weighted by Gasteiger charge is -2.20. The number of carbonyl (C=O) groups excluding carboxylic acids is 3. The molecule has 2 atom stereocenters. The van der Waals surface area contributed by atoms with E-state index in [4.69, 9.17) is 16.3 Å². The number of hydrogen-bond donors (Lipinski definition) is 2. The van der Waals surface area contributed by atoms with Crippen LogP contribution < -0.4 is 10.6 Å². The minimum Gasteiger partial charge on any atom is -0.467 e. The van der Waals surface area contributed by atoms with E-state index in [1.54, 1.807) is 0 Å². The Hall–Kier alpha value is -3.06. The molecule has 7 nitrogen and oxygen atoms in total. The van der Waals surface area contributed by atoms with Gasteiger partial charge in [0.1, 0.15) is 12.6 Å². The Bertz CT molecular complexity index is 786. The van der Waals surface area contributed by atoms with E-state index in [0.29, 0.717) is 0 Å². The molecule has 8 heteroatoms. The summed E-state index contributed by atoms with van der Waals surface area (Å²) in [7, 11) is 1.16. The Morgan fingerprint density at radius 1 is 0.929 bits per heavy atom. The summed E-state index contributed by atoms with van der Waals surface area (Å²) in [6, 6.07) is 17.3. The molecule has 1 unspecified atom stereocenters. The normalized spacial score (nSPS) is 12.4. The number of hydrogen-bond acceptors (Lipinski definition) is 5. The molecule has 0 saturated carbocycles. The topological polar surface area (TPSA) is 93.7 Å². The first-order valence-electron chi connectivity index (χ1n) is 8.53. The molecule has 0 aliphatic heterocycles. The number of nitrogens with one attached hydrogen (secondary N) is 2. The number of rotatable bonds is 8. The van der Waals surface area contributed by atoms with Crippen LogP contribution in [-0.4, -0.2) is 36.6 Å². The highest BCUT2D eigenvalue weighted by molar-refractivity contribution is 6.30. The van der Waals surface area contributed by atoms with Crippen LogP contribution in [0.4, 0.5) is 4.79 Å². The summed E-state index contributed by atoms with van der Waals surface area (Å²) in [5.74, 6) is -1.44. The van der Waals surface area contributed by atoms with Crippen LogP contribution in [0.3, 0.4) is 0 Å². The van der Waals surface area contributed by atoms with Crippen molar-refractivity contribution in [2.45, 2.75) is 24.6 Å². The van der Waals surface area contributed by atoms with Crippen molar-refractivity contribution in [2.24, 2.45) is 0 Å². The Kier molecular flexibility index (Phi) is 8.30.